The van der Waals surface area contributed by atoms with Gasteiger partial charge in [-0.3, -0.25) is 0 Å². The van der Waals surface area contributed by atoms with Gasteiger partial charge in [0.1, 0.15) is 4.75 Å². The molecule has 0 spiro atoms. The Bertz CT molecular complexity index is 649. The van der Waals surface area contributed by atoms with Gasteiger partial charge < -0.3 is 4.74 Å². The first-order valence-electron chi connectivity index (χ1n) is 14.1. The van der Waals surface area contributed by atoms with Crippen LogP contribution in [0.2, 0.25) is 0 Å². The number of nitriles is 1. The van der Waals surface area contributed by atoms with Crippen LogP contribution in [0.15, 0.2) is 36.6 Å². The van der Waals surface area contributed by atoms with Gasteiger partial charge in [0.25, 0.3) is 0 Å². The molecule has 4 heteroatoms. The molecule has 0 saturated heterocycles. The van der Waals surface area contributed by atoms with Crippen molar-refractivity contribution in [2.75, 3.05) is 6.61 Å². The maximum absolute atomic E-state index is 9.65. The third-order valence-corrected chi connectivity index (χ3v) is 8.25. The zero-order chi connectivity index (χ0) is 26.2. The predicted octanol–water partition coefficient (Wildman–Crippen LogP) is 11.0. The summed E-state index contributed by atoms with van der Waals surface area (Å²) in [6, 6.07) is 2.41. The van der Waals surface area contributed by atoms with Crippen LogP contribution in [-0.4, -0.2) is 15.6 Å². The van der Waals surface area contributed by atoms with Gasteiger partial charge in [-0.15, -0.1) is 0 Å². The highest BCUT2D eigenvalue weighted by Crippen LogP contribution is 2.34. The Hall–Kier alpha value is -1.05. The molecule has 0 saturated carbocycles. The summed E-state index contributed by atoms with van der Waals surface area (Å²) in [5.41, 5.74) is 0.972. The van der Waals surface area contributed by atoms with Crippen molar-refractivity contribution in [2.45, 2.75) is 141 Å². The Balaban J connectivity index is 3.63. The van der Waals surface area contributed by atoms with Crippen molar-refractivity contribution in [3.05, 3.63) is 36.6 Å². The van der Waals surface area contributed by atoms with Gasteiger partial charge in [-0.25, -0.2) is 0 Å². The zero-order valence-corrected chi connectivity index (χ0v) is 24.8. The lowest BCUT2D eigenvalue weighted by Crippen LogP contribution is -2.20. The lowest BCUT2D eigenvalue weighted by molar-refractivity contribution is 0.195. The summed E-state index contributed by atoms with van der Waals surface area (Å²) in [7, 11) is 0. The van der Waals surface area contributed by atoms with Crippen LogP contribution >= 0.6 is 24.0 Å². The van der Waals surface area contributed by atoms with Gasteiger partial charge in [0.05, 0.1) is 22.6 Å². The highest BCUT2D eigenvalue weighted by molar-refractivity contribution is 8.24. The van der Waals surface area contributed by atoms with Gasteiger partial charge in [-0.2, -0.15) is 5.26 Å². The number of hydrogen-bond acceptors (Lipinski definition) is 4. The van der Waals surface area contributed by atoms with Crippen LogP contribution < -0.4 is 0 Å². The smallest absolute Gasteiger partial charge is 0.105 e. The Morgan fingerprint density at radius 3 is 1.80 bits per heavy atom. The summed E-state index contributed by atoms with van der Waals surface area (Å²) in [6.45, 7) is 14.7. The molecule has 0 radical (unpaired) electrons. The van der Waals surface area contributed by atoms with E-state index in [9.17, 15) is 5.26 Å². The van der Waals surface area contributed by atoms with Gasteiger partial charge >= 0.3 is 0 Å². The molecule has 0 bridgehead atoms. The van der Waals surface area contributed by atoms with Crippen molar-refractivity contribution < 1.29 is 4.74 Å². The second kappa shape index (κ2) is 23.4. The van der Waals surface area contributed by atoms with Gasteiger partial charge in [0, 0.05) is 6.42 Å². The number of ether oxygens (including phenoxy) is 1. The average molecular weight is 520 g/mol. The molecule has 0 aromatic rings. The Kier molecular flexibility index (Phi) is 22.7. The van der Waals surface area contributed by atoms with Crippen LogP contribution in [0.1, 0.15) is 136 Å². The number of unbranched alkanes of at least 4 members (excludes halogenated alkanes) is 15. The topological polar surface area (TPSA) is 33.0 Å². The van der Waals surface area contributed by atoms with Crippen molar-refractivity contribution in [1.82, 2.24) is 0 Å². The standard InChI is InChI=1S/C31H53NOS2/c1-6-8-9-10-11-12-13-14-15-16-17-18-19-20-21-22-26-33-29(4)24-25-31(5,27-32)35-30(34)28(3)23-7-2/h7,23H,2,4,6,8-22,24-26H2,1,3,5H3/b28-23+. The van der Waals surface area contributed by atoms with E-state index in [1.807, 2.05) is 19.9 Å². The largest absolute Gasteiger partial charge is 0.499 e. The Morgan fingerprint density at radius 1 is 0.914 bits per heavy atom. The fraction of sp³-hybridized carbons (Fsp3) is 0.742. The molecule has 0 fully saturated rings. The Labute approximate surface area is 228 Å². The van der Waals surface area contributed by atoms with E-state index in [4.69, 9.17) is 17.0 Å². The van der Waals surface area contributed by atoms with Crippen molar-refractivity contribution in [3.63, 3.8) is 0 Å². The molecule has 35 heavy (non-hydrogen) atoms. The molecule has 0 rings (SSSR count). The SMILES string of the molecule is C=C/C=C(\C)C(=S)SC(C)(C#N)CCC(=C)OCCCCCCCCCCCCCCCCCC. The molecule has 0 aromatic carbocycles. The van der Waals surface area contributed by atoms with Crippen LogP contribution in [0, 0.1) is 11.3 Å². The van der Waals surface area contributed by atoms with E-state index in [2.05, 4.69) is 26.2 Å². The van der Waals surface area contributed by atoms with Crippen LogP contribution in [0.25, 0.3) is 0 Å². The highest BCUT2D eigenvalue weighted by atomic mass is 32.2. The lowest BCUT2D eigenvalue weighted by atomic mass is 10.0. The van der Waals surface area contributed by atoms with E-state index < -0.39 is 4.75 Å². The minimum absolute atomic E-state index is 0.575. The lowest BCUT2D eigenvalue weighted by Gasteiger charge is -2.22. The van der Waals surface area contributed by atoms with Crippen LogP contribution in [-0.2, 0) is 4.74 Å². The predicted molar refractivity (Wildman–Crippen MR) is 162 cm³/mol. The number of thioether (sulfide) groups is 1. The van der Waals surface area contributed by atoms with Crippen molar-refractivity contribution in [3.8, 4) is 6.07 Å². The molecule has 0 N–H and O–H groups in total. The van der Waals surface area contributed by atoms with Crippen molar-refractivity contribution >= 4 is 28.2 Å². The van der Waals surface area contributed by atoms with E-state index >= 15 is 0 Å². The van der Waals surface area contributed by atoms with E-state index in [1.165, 1.54) is 108 Å². The Morgan fingerprint density at radius 2 is 1.37 bits per heavy atom. The van der Waals surface area contributed by atoms with Crippen LogP contribution in [0.5, 0.6) is 0 Å². The average Bonchev–Trinajstić information content (AvgIpc) is 2.84. The quantitative estimate of drug-likeness (QED) is 0.0417. The van der Waals surface area contributed by atoms with Crippen LogP contribution in [0.3, 0.4) is 0 Å². The number of hydrogen-bond donors (Lipinski definition) is 0. The van der Waals surface area contributed by atoms with E-state index in [-0.39, 0.29) is 0 Å². The molecular formula is C31H53NOS2. The zero-order valence-electron chi connectivity index (χ0n) is 23.2. The minimum Gasteiger partial charge on any atom is -0.499 e. The monoisotopic (exact) mass is 519 g/mol. The van der Waals surface area contributed by atoms with Gasteiger partial charge in [0.2, 0.25) is 0 Å². The summed E-state index contributed by atoms with van der Waals surface area (Å²) in [6.07, 6.45) is 26.9. The van der Waals surface area contributed by atoms with E-state index in [0.29, 0.717) is 12.8 Å². The first-order chi connectivity index (χ1) is 16.9. The second-order valence-corrected chi connectivity index (χ2v) is 12.2. The molecule has 0 aliphatic carbocycles. The molecule has 0 aliphatic heterocycles. The van der Waals surface area contributed by atoms with E-state index in [1.54, 1.807) is 6.08 Å². The van der Waals surface area contributed by atoms with Crippen LogP contribution in [0.4, 0.5) is 0 Å². The summed E-state index contributed by atoms with van der Waals surface area (Å²) in [5, 5.41) is 9.65. The van der Waals surface area contributed by atoms with Gasteiger partial charge in [0.15, 0.2) is 0 Å². The molecule has 0 amide bonds. The molecule has 0 aromatic heterocycles. The summed E-state index contributed by atoms with van der Waals surface area (Å²) >= 11 is 6.90. The first-order valence-corrected chi connectivity index (χ1v) is 15.4. The van der Waals surface area contributed by atoms with Crippen molar-refractivity contribution in [2.24, 2.45) is 0 Å². The minimum atomic E-state index is -0.575. The maximum atomic E-state index is 9.65. The number of rotatable bonds is 24. The molecule has 0 aliphatic rings. The third-order valence-electron chi connectivity index (χ3n) is 6.43. The fourth-order valence-electron chi connectivity index (χ4n) is 3.98. The molecule has 1 unspecified atom stereocenters. The fourth-order valence-corrected chi connectivity index (χ4v) is 5.48. The van der Waals surface area contributed by atoms with Crippen molar-refractivity contribution in [1.29, 1.82) is 5.26 Å². The summed E-state index contributed by atoms with van der Waals surface area (Å²) < 4.78 is 5.99. The third kappa shape index (κ3) is 20.8. The number of thiocarbonyl (C=S) groups is 1. The molecule has 2 nitrogen and oxygen atoms in total. The maximum Gasteiger partial charge on any atom is 0.105 e. The van der Waals surface area contributed by atoms with E-state index in [0.717, 1.165) is 28.6 Å². The van der Waals surface area contributed by atoms with Gasteiger partial charge in [-0.1, -0.05) is 153 Å². The molecule has 0 heterocycles. The molecule has 1 atom stereocenters. The number of allylic oxidation sites excluding steroid dienone is 3. The molecular weight excluding hydrogens is 466 g/mol. The normalized spacial score (nSPS) is 13.1. The highest BCUT2D eigenvalue weighted by Gasteiger charge is 2.27. The second-order valence-electron chi connectivity index (χ2n) is 10.0. The summed E-state index contributed by atoms with van der Waals surface area (Å²) in [5.74, 6) is 0.775. The molecule has 200 valence electrons. The van der Waals surface area contributed by atoms with Gasteiger partial charge in [-0.05, 0) is 32.3 Å². The first kappa shape index (κ1) is 34.0. The summed E-state index contributed by atoms with van der Waals surface area (Å²) in [4.78, 5) is 0. The number of nitrogens with zero attached hydrogens (tertiary/aromatic N) is 1.